The van der Waals surface area contributed by atoms with Crippen LogP contribution in [-0.2, 0) is 18.3 Å². The predicted molar refractivity (Wildman–Crippen MR) is 141 cm³/mol. The number of rotatable bonds is 7. The van der Waals surface area contributed by atoms with E-state index in [9.17, 15) is 4.79 Å². The van der Waals surface area contributed by atoms with Gasteiger partial charge in [-0.25, -0.2) is 0 Å². The van der Waals surface area contributed by atoms with E-state index in [1.54, 1.807) is 11.8 Å². The number of carbonyl (C=O) groups is 1. The number of hydrogen-bond acceptors (Lipinski definition) is 6. The molecule has 3 aromatic carbocycles. The third-order valence-electron chi connectivity index (χ3n) is 5.88. The zero-order valence-corrected chi connectivity index (χ0v) is 21.5. The van der Waals surface area contributed by atoms with Gasteiger partial charge in [0, 0.05) is 16.8 Å². The van der Waals surface area contributed by atoms with Crippen molar-refractivity contribution in [1.82, 2.24) is 14.8 Å². The minimum atomic E-state index is -0.275. The lowest BCUT2D eigenvalue weighted by Crippen LogP contribution is -2.30. The van der Waals surface area contributed by atoms with Gasteiger partial charge >= 0.3 is 0 Å². The first kappa shape index (κ1) is 23.5. The zero-order chi connectivity index (χ0) is 24.4. The standard InChI is InChI=1S/C27H26N4O2S2/c1-4-19-13-15-20(16-14-19)33-18(2)26-28-29-27(30(26)3)34-17-25(32)31-21-9-5-7-11-23(21)35-24-12-8-6-10-22(24)31/h5-16,18H,4,17H2,1-3H3. The van der Waals surface area contributed by atoms with E-state index >= 15 is 0 Å². The Hall–Kier alpha value is -3.23. The summed E-state index contributed by atoms with van der Waals surface area (Å²) in [6.45, 7) is 4.08. The topological polar surface area (TPSA) is 60.3 Å². The van der Waals surface area contributed by atoms with Crippen LogP contribution in [0.25, 0.3) is 0 Å². The number of anilines is 2. The molecule has 0 N–H and O–H groups in total. The Kier molecular flexibility index (Phi) is 6.83. The third kappa shape index (κ3) is 4.81. The molecule has 0 aliphatic carbocycles. The molecule has 1 aliphatic rings. The molecule has 0 bridgehead atoms. The van der Waals surface area contributed by atoms with Gasteiger partial charge in [-0.15, -0.1) is 10.2 Å². The SMILES string of the molecule is CCc1ccc(OC(C)c2nnc(SCC(=O)N3c4ccccc4Sc4ccccc43)n2C)cc1. The van der Waals surface area contributed by atoms with Crippen molar-refractivity contribution in [2.75, 3.05) is 10.7 Å². The average molecular weight is 503 g/mol. The van der Waals surface area contributed by atoms with E-state index in [4.69, 9.17) is 4.74 Å². The first-order valence-electron chi connectivity index (χ1n) is 11.5. The molecule has 6 nitrogen and oxygen atoms in total. The number of fused-ring (bicyclic) bond motifs is 2. The van der Waals surface area contributed by atoms with Crippen LogP contribution in [0.1, 0.15) is 31.3 Å². The number of amides is 1. The largest absolute Gasteiger partial charge is 0.483 e. The Bertz CT molecular complexity index is 1310. The van der Waals surface area contributed by atoms with Crippen molar-refractivity contribution in [2.24, 2.45) is 7.05 Å². The highest BCUT2D eigenvalue weighted by Crippen LogP contribution is 2.48. The summed E-state index contributed by atoms with van der Waals surface area (Å²) >= 11 is 3.07. The first-order chi connectivity index (χ1) is 17.0. The van der Waals surface area contributed by atoms with E-state index < -0.39 is 0 Å². The number of ether oxygens (including phenoxy) is 1. The molecule has 178 valence electrons. The van der Waals surface area contributed by atoms with E-state index in [0.29, 0.717) is 11.0 Å². The molecule has 1 aromatic heterocycles. The Morgan fingerprint density at radius 1 is 0.971 bits per heavy atom. The second kappa shape index (κ2) is 10.2. The fourth-order valence-corrected chi connectivity index (χ4v) is 5.86. The molecule has 35 heavy (non-hydrogen) atoms. The van der Waals surface area contributed by atoms with Crippen molar-refractivity contribution in [1.29, 1.82) is 0 Å². The number of benzene rings is 3. The predicted octanol–water partition coefficient (Wildman–Crippen LogP) is 6.44. The van der Waals surface area contributed by atoms with Gasteiger partial charge in [0.1, 0.15) is 5.75 Å². The van der Waals surface area contributed by atoms with Crippen LogP contribution < -0.4 is 9.64 Å². The van der Waals surface area contributed by atoms with Crippen molar-refractivity contribution in [2.45, 2.75) is 41.3 Å². The van der Waals surface area contributed by atoms with Crippen molar-refractivity contribution >= 4 is 40.8 Å². The second-order valence-electron chi connectivity index (χ2n) is 8.21. The molecule has 2 heterocycles. The number of aromatic nitrogens is 3. The van der Waals surface area contributed by atoms with E-state index in [1.807, 2.05) is 72.0 Å². The highest BCUT2D eigenvalue weighted by atomic mass is 32.2. The third-order valence-corrected chi connectivity index (χ3v) is 8.02. The summed E-state index contributed by atoms with van der Waals surface area (Å²) in [6, 6.07) is 24.1. The van der Waals surface area contributed by atoms with Gasteiger partial charge in [-0.05, 0) is 55.3 Å². The van der Waals surface area contributed by atoms with Gasteiger partial charge in [-0.1, -0.05) is 66.8 Å². The summed E-state index contributed by atoms with van der Waals surface area (Å²) < 4.78 is 7.98. The fourth-order valence-electron chi connectivity index (χ4n) is 4.03. The van der Waals surface area contributed by atoms with Crippen LogP contribution in [-0.4, -0.2) is 26.4 Å². The van der Waals surface area contributed by atoms with Crippen molar-refractivity contribution in [3.05, 3.63) is 84.2 Å². The molecule has 0 saturated heterocycles. The van der Waals surface area contributed by atoms with Crippen LogP contribution in [0, 0.1) is 0 Å². The lowest BCUT2D eigenvalue weighted by Gasteiger charge is -2.30. The minimum absolute atomic E-state index is 0.0000578. The van der Waals surface area contributed by atoms with Gasteiger partial charge in [-0.3, -0.25) is 9.69 Å². The number of hydrogen-bond donors (Lipinski definition) is 0. The molecule has 5 rings (SSSR count). The van der Waals surface area contributed by atoms with Crippen LogP contribution in [0.15, 0.2) is 87.7 Å². The quantitative estimate of drug-likeness (QED) is 0.271. The molecule has 0 saturated carbocycles. The smallest absolute Gasteiger partial charge is 0.242 e. The summed E-state index contributed by atoms with van der Waals surface area (Å²) in [5.74, 6) is 1.75. The number of carbonyl (C=O) groups excluding carboxylic acids is 1. The molecular weight excluding hydrogens is 476 g/mol. The molecule has 1 amide bonds. The summed E-state index contributed by atoms with van der Waals surface area (Å²) in [4.78, 5) is 17.4. The lowest BCUT2D eigenvalue weighted by atomic mass is 10.2. The number of para-hydroxylation sites is 2. The molecule has 1 aliphatic heterocycles. The highest BCUT2D eigenvalue weighted by molar-refractivity contribution is 8.00. The summed E-state index contributed by atoms with van der Waals surface area (Å²) in [6.07, 6.45) is 0.717. The molecule has 0 radical (unpaired) electrons. The molecule has 4 aromatic rings. The molecular formula is C27H26N4O2S2. The van der Waals surface area contributed by atoms with E-state index in [2.05, 4.69) is 41.4 Å². The maximum absolute atomic E-state index is 13.5. The average Bonchev–Trinajstić information content (AvgIpc) is 3.26. The zero-order valence-electron chi connectivity index (χ0n) is 19.8. The van der Waals surface area contributed by atoms with Gasteiger partial charge in [-0.2, -0.15) is 0 Å². The van der Waals surface area contributed by atoms with Gasteiger partial charge in [0.05, 0.1) is 17.1 Å². The Balaban J connectivity index is 1.30. The van der Waals surface area contributed by atoms with Crippen LogP contribution in [0.2, 0.25) is 0 Å². The number of aryl methyl sites for hydroxylation is 1. The molecule has 1 atom stereocenters. The summed E-state index contributed by atoms with van der Waals surface area (Å²) in [5.41, 5.74) is 3.10. The van der Waals surface area contributed by atoms with Crippen LogP contribution in [0.5, 0.6) is 5.75 Å². The maximum atomic E-state index is 13.5. The lowest BCUT2D eigenvalue weighted by molar-refractivity contribution is -0.115. The number of nitrogens with zero attached hydrogens (tertiary/aromatic N) is 4. The Morgan fingerprint density at radius 3 is 2.23 bits per heavy atom. The summed E-state index contributed by atoms with van der Waals surface area (Å²) in [7, 11) is 1.91. The second-order valence-corrected chi connectivity index (χ2v) is 10.2. The van der Waals surface area contributed by atoms with Gasteiger partial charge in [0.25, 0.3) is 0 Å². The van der Waals surface area contributed by atoms with Crippen molar-refractivity contribution in [3.8, 4) is 5.75 Å². The van der Waals surface area contributed by atoms with Gasteiger partial charge in [0.15, 0.2) is 17.1 Å². The summed E-state index contributed by atoms with van der Waals surface area (Å²) in [5, 5.41) is 9.36. The van der Waals surface area contributed by atoms with Crippen LogP contribution in [0.4, 0.5) is 11.4 Å². The van der Waals surface area contributed by atoms with Gasteiger partial charge in [0.2, 0.25) is 5.91 Å². The Morgan fingerprint density at radius 2 is 1.60 bits per heavy atom. The Labute approximate surface area is 213 Å². The number of thioether (sulfide) groups is 1. The monoisotopic (exact) mass is 502 g/mol. The first-order valence-corrected chi connectivity index (χ1v) is 13.3. The molecule has 8 heteroatoms. The molecule has 0 fully saturated rings. The van der Waals surface area contributed by atoms with Crippen molar-refractivity contribution in [3.63, 3.8) is 0 Å². The van der Waals surface area contributed by atoms with Crippen LogP contribution in [0.3, 0.4) is 0 Å². The normalized spacial score (nSPS) is 13.2. The van der Waals surface area contributed by atoms with E-state index in [1.165, 1.54) is 17.3 Å². The maximum Gasteiger partial charge on any atom is 0.242 e. The van der Waals surface area contributed by atoms with Crippen LogP contribution >= 0.6 is 23.5 Å². The van der Waals surface area contributed by atoms with E-state index in [-0.39, 0.29) is 17.8 Å². The fraction of sp³-hybridized carbons (Fsp3) is 0.222. The highest BCUT2D eigenvalue weighted by Gasteiger charge is 2.28. The minimum Gasteiger partial charge on any atom is -0.483 e. The van der Waals surface area contributed by atoms with E-state index in [0.717, 1.165) is 33.3 Å². The van der Waals surface area contributed by atoms with Gasteiger partial charge < -0.3 is 9.30 Å². The van der Waals surface area contributed by atoms with Crippen molar-refractivity contribution < 1.29 is 9.53 Å². The molecule has 0 spiro atoms. The molecule has 1 unspecified atom stereocenters.